The van der Waals surface area contributed by atoms with Gasteiger partial charge >= 0.3 is 6.09 Å². The smallest absolute Gasteiger partial charge is 0.417 e. The molecule has 1 aliphatic rings. The van der Waals surface area contributed by atoms with Crippen LogP contribution in [0.5, 0.6) is 0 Å². The van der Waals surface area contributed by atoms with E-state index in [1.807, 2.05) is 5.38 Å². The van der Waals surface area contributed by atoms with E-state index < -0.39 is 17.8 Å². The van der Waals surface area contributed by atoms with Crippen LogP contribution in [0.1, 0.15) is 45.0 Å². The number of rotatable bonds is 7. The van der Waals surface area contributed by atoms with E-state index in [0.717, 1.165) is 11.4 Å². The summed E-state index contributed by atoms with van der Waals surface area (Å²) in [5, 5.41) is 6.21. The second-order valence-electron chi connectivity index (χ2n) is 6.93. The van der Waals surface area contributed by atoms with Crippen LogP contribution in [0.25, 0.3) is 0 Å². The molecule has 2 heterocycles. The molecule has 2 rings (SSSR count). The summed E-state index contributed by atoms with van der Waals surface area (Å²) in [6.07, 6.45) is 2.77. The van der Waals surface area contributed by atoms with Crippen molar-refractivity contribution in [1.82, 2.24) is 15.2 Å². The van der Waals surface area contributed by atoms with E-state index >= 15 is 0 Å². The molecule has 1 saturated heterocycles. The van der Waals surface area contributed by atoms with E-state index in [0.29, 0.717) is 39.1 Å². The number of nitrogens with one attached hydrogen (secondary N) is 1. The number of nitrogens with zero attached hydrogens (tertiary/aromatic N) is 2. The molecular weight excluding hydrogens is 342 g/mol. The number of hydrogen-bond acceptors (Lipinski definition) is 7. The lowest BCUT2D eigenvalue weighted by Gasteiger charge is -2.27. The summed E-state index contributed by atoms with van der Waals surface area (Å²) >= 11 is 1.59. The highest BCUT2D eigenvalue weighted by molar-refractivity contribution is 7.09. The minimum absolute atomic E-state index is 0.299. The van der Waals surface area contributed by atoms with Crippen LogP contribution in [0.2, 0.25) is 0 Å². The number of ether oxygens (including phenoxy) is 2. The fraction of sp³-hybridized carbons (Fsp3) is 0.706. The van der Waals surface area contributed by atoms with Gasteiger partial charge in [0.25, 0.3) is 5.91 Å². The molecule has 0 unspecified atom stereocenters. The number of hydrogen-bond donors (Lipinski definition) is 1. The van der Waals surface area contributed by atoms with Crippen molar-refractivity contribution in [3.63, 3.8) is 0 Å². The Morgan fingerprint density at radius 2 is 2.28 bits per heavy atom. The molecule has 0 saturated carbocycles. The molecule has 1 fully saturated rings. The molecule has 0 spiro atoms. The van der Waals surface area contributed by atoms with Gasteiger partial charge in [0.15, 0.2) is 0 Å². The molecule has 1 aromatic heterocycles. The van der Waals surface area contributed by atoms with Gasteiger partial charge in [-0.2, -0.15) is 0 Å². The largest absolute Gasteiger partial charge is 0.443 e. The summed E-state index contributed by atoms with van der Waals surface area (Å²) in [7, 11) is 0. The van der Waals surface area contributed by atoms with Crippen molar-refractivity contribution in [3.05, 3.63) is 16.6 Å². The van der Waals surface area contributed by atoms with E-state index in [9.17, 15) is 9.59 Å². The minimum atomic E-state index is -0.644. The van der Waals surface area contributed by atoms with E-state index in [1.165, 1.54) is 4.90 Å². The van der Waals surface area contributed by atoms with Crippen molar-refractivity contribution >= 4 is 23.3 Å². The Hall–Kier alpha value is -1.51. The fourth-order valence-corrected chi connectivity index (χ4v) is 3.04. The summed E-state index contributed by atoms with van der Waals surface area (Å²) in [6.45, 7) is 7.59. The zero-order valence-corrected chi connectivity index (χ0v) is 15.9. The van der Waals surface area contributed by atoms with Gasteiger partial charge in [-0.25, -0.2) is 14.7 Å². The second kappa shape index (κ2) is 9.26. The Labute approximate surface area is 152 Å². The number of carbonyl (C=O) groups is 2. The third-order valence-electron chi connectivity index (χ3n) is 3.58. The Morgan fingerprint density at radius 3 is 2.88 bits per heavy atom. The lowest BCUT2D eigenvalue weighted by molar-refractivity contribution is -0.139. The number of carbonyl (C=O) groups excluding carboxylic acids is 2. The lowest BCUT2D eigenvalue weighted by atomic mass is 10.2. The molecule has 0 aliphatic carbocycles. The molecule has 25 heavy (non-hydrogen) atoms. The maximum absolute atomic E-state index is 12.6. The van der Waals surface area contributed by atoms with Crippen LogP contribution in [0, 0.1) is 0 Å². The Bertz CT molecular complexity index is 551. The van der Waals surface area contributed by atoms with E-state index in [2.05, 4.69) is 10.3 Å². The average Bonchev–Trinajstić information content (AvgIpc) is 3.21. The van der Waals surface area contributed by atoms with E-state index in [4.69, 9.17) is 9.47 Å². The molecule has 140 valence electrons. The summed E-state index contributed by atoms with van der Waals surface area (Å²) < 4.78 is 10.8. The highest BCUT2D eigenvalue weighted by Crippen LogP contribution is 2.17. The number of thiazole rings is 1. The highest BCUT2D eigenvalue weighted by atomic mass is 32.1. The van der Waals surface area contributed by atoms with Crippen LogP contribution in [0.4, 0.5) is 4.79 Å². The summed E-state index contributed by atoms with van der Waals surface area (Å²) in [4.78, 5) is 30.4. The quantitative estimate of drug-likeness (QED) is 0.744. The summed E-state index contributed by atoms with van der Waals surface area (Å²) in [6, 6.07) is 0. The monoisotopic (exact) mass is 369 g/mol. The van der Waals surface area contributed by atoms with Gasteiger partial charge in [-0.15, -0.1) is 11.3 Å². The molecule has 1 N–H and O–H groups in total. The van der Waals surface area contributed by atoms with Gasteiger partial charge in [-0.1, -0.05) is 0 Å². The SMILES string of the molecule is CC(C)(C)OC(=O)N(CCCNCc1nccs1)C(=O)[C@H]1CCCO1. The summed E-state index contributed by atoms with van der Waals surface area (Å²) in [5.74, 6) is -0.299. The molecule has 2 amide bonds. The zero-order chi connectivity index (χ0) is 18.3. The van der Waals surface area contributed by atoms with Crippen molar-refractivity contribution in [2.75, 3.05) is 19.7 Å². The van der Waals surface area contributed by atoms with Crippen LogP contribution in [0.15, 0.2) is 11.6 Å². The highest BCUT2D eigenvalue weighted by Gasteiger charge is 2.33. The normalized spacial score (nSPS) is 17.5. The standard InChI is InChI=1S/C17H27N3O4S/c1-17(2,3)24-16(22)20(15(21)13-6-4-10-23-13)9-5-7-18-12-14-19-8-11-25-14/h8,11,13,18H,4-7,9-10,12H2,1-3H3/t13-/m1/s1. The summed E-state index contributed by atoms with van der Waals surface area (Å²) in [5.41, 5.74) is -0.644. The Balaban J connectivity index is 1.84. The van der Waals surface area contributed by atoms with Gasteiger partial charge in [0.2, 0.25) is 0 Å². The minimum Gasteiger partial charge on any atom is -0.443 e. The van der Waals surface area contributed by atoms with E-state index in [1.54, 1.807) is 38.3 Å². The maximum Gasteiger partial charge on any atom is 0.417 e. The number of imide groups is 1. The van der Waals surface area contributed by atoms with Crippen molar-refractivity contribution in [2.24, 2.45) is 0 Å². The van der Waals surface area contributed by atoms with Crippen LogP contribution in [-0.2, 0) is 20.8 Å². The Kier molecular flexibility index (Phi) is 7.34. The van der Waals surface area contributed by atoms with Crippen molar-refractivity contribution in [3.8, 4) is 0 Å². The van der Waals surface area contributed by atoms with Gasteiger partial charge in [0, 0.05) is 31.3 Å². The molecule has 1 atom stereocenters. The Morgan fingerprint density at radius 1 is 1.48 bits per heavy atom. The van der Waals surface area contributed by atoms with Gasteiger partial charge in [-0.05, 0) is 46.6 Å². The van der Waals surface area contributed by atoms with Gasteiger partial charge in [0.1, 0.15) is 16.7 Å². The third kappa shape index (κ3) is 6.72. The molecular formula is C17H27N3O4S. The molecule has 0 aromatic carbocycles. The maximum atomic E-state index is 12.6. The molecule has 8 heteroatoms. The van der Waals surface area contributed by atoms with Crippen LogP contribution >= 0.6 is 11.3 Å². The molecule has 0 radical (unpaired) electrons. The first-order valence-electron chi connectivity index (χ1n) is 8.62. The van der Waals surface area contributed by atoms with Crippen LogP contribution in [0.3, 0.4) is 0 Å². The first kappa shape index (κ1) is 19.8. The van der Waals surface area contributed by atoms with Crippen molar-refractivity contribution in [2.45, 2.75) is 58.3 Å². The van der Waals surface area contributed by atoms with Crippen LogP contribution in [-0.4, -0.2) is 53.3 Å². The van der Waals surface area contributed by atoms with Gasteiger partial charge in [-0.3, -0.25) is 4.79 Å². The lowest BCUT2D eigenvalue weighted by Crippen LogP contribution is -2.46. The molecule has 0 bridgehead atoms. The third-order valence-corrected chi connectivity index (χ3v) is 4.36. The van der Waals surface area contributed by atoms with Crippen molar-refractivity contribution in [1.29, 1.82) is 0 Å². The zero-order valence-electron chi connectivity index (χ0n) is 15.1. The van der Waals surface area contributed by atoms with Crippen molar-refractivity contribution < 1.29 is 19.1 Å². The average molecular weight is 369 g/mol. The molecule has 1 aromatic rings. The number of aromatic nitrogens is 1. The predicted octanol–water partition coefficient (Wildman–Crippen LogP) is 2.57. The van der Waals surface area contributed by atoms with Crippen LogP contribution < -0.4 is 5.32 Å². The molecule has 7 nitrogen and oxygen atoms in total. The van der Waals surface area contributed by atoms with E-state index in [-0.39, 0.29) is 5.91 Å². The second-order valence-corrected chi connectivity index (χ2v) is 7.91. The fourth-order valence-electron chi connectivity index (χ4n) is 2.45. The first-order valence-corrected chi connectivity index (χ1v) is 9.50. The molecule has 1 aliphatic heterocycles. The van der Waals surface area contributed by atoms with Gasteiger partial charge in [0.05, 0.1) is 0 Å². The van der Waals surface area contributed by atoms with Gasteiger partial charge < -0.3 is 14.8 Å². The topological polar surface area (TPSA) is 80.8 Å². The predicted molar refractivity (Wildman–Crippen MR) is 95.4 cm³/mol. The first-order chi connectivity index (χ1) is 11.9. The number of amides is 2.